The molecule has 2 rings (SSSR count). The number of halogens is 1. The normalized spacial score (nSPS) is 17.8. The van der Waals surface area contributed by atoms with E-state index in [2.05, 4.69) is 0 Å². The minimum Gasteiger partial charge on any atom is -0.462 e. The summed E-state index contributed by atoms with van der Waals surface area (Å²) in [5, 5.41) is 11.1. The number of ether oxygens (including phenoxy) is 1. The number of esters is 1. The lowest BCUT2D eigenvalue weighted by molar-refractivity contribution is -0.174. The summed E-state index contributed by atoms with van der Waals surface area (Å²) in [5.41, 5.74) is -0.865. The second-order valence-corrected chi connectivity index (χ2v) is 6.05. The number of hydrogen-bond donors (Lipinski definition) is 1. The van der Waals surface area contributed by atoms with Gasteiger partial charge in [0.25, 0.3) is 0 Å². The highest BCUT2D eigenvalue weighted by Gasteiger charge is 2.47. The maximum absolute atomic E-state index is 12.5. The van der Waals surface area contributed by atoms with E-state index in [0.29, 0.717) is 18.7 Å². The second-order valence-electron chi connectivity index (χ2n) is 6.05. The third-order valence-electron chi connectivity index (χ3n) is 4.24. The van der Waals surface area contributed by atoms with Crippen LogP contribution in [0.25, 0.3) is 0 Å². The van der Waals surface area contributed by atoms with Gasteiger partial charge in [-0.2, -0.15) is 0 Å². The van der Waals surface area contributed by atoms with Crippen molar-refractivity contribution in [1.82, 2.24) is 4.90 Å². The molecule has 0 spiro atoms. The van der Waals surface area contributed by atoms with Gasteiger partial charge in [-0.3, -0.25) is 0 Å². The minimum absolute atomic E-state index is 0. The molecule has 0 aromatic heterocycles. The van der Waals surface area contributed by atoms with Crippen molar-refractivity contribution in [3.05, 3.63) is 35.9 Å². The van der Waals surface area contributed by atoms with Gasteiger partial charge >= 0.3 is 5.97 Å². The fraction of sp³-hybridized carbons (Fsp3) is 0.588. The smallest absolute Gasteiger partial charge is 0.343 e. The molecule has 1 aromatic rings. The van der Waals surface area contributed by atoms with E-state index in [-0.39, 0.29) is 18.3 Å². The maximum Gasteiger partial charge on any atom is 0.343 e. The Kier molecular flexibility index (Phi) is 7.33. The van der Waals surface area contributed by atoms with Gasteiger partial charge in [-0.15, -0.1) is 12.4 Å². The van der Waals surface area contributed by atoms with Crippen LogP contribution < -0.4 is 0 Å². The van der Waals surface area contributed by atoms with Gasteiger partial charge in [0.1, 0.15) is 6.61 Å². The average Bonchev–Trinajstić information content (AvgIpc) is 3.01. The Bertz CT molecular complexity index is 460. The Labute approximate surface area is 138 Å². The van der Waals surface area contributed by atoms with Gasteiger partial charge in [0.05, 0.1) is 0 Å². The van der Waals surface area contributed by atoms with E-state index in [1.807, 2.05) is 49.3 Å². The highest BCUT2D eigenvalue weighted by molar-refractivity contribution is 5.85. The van der Waals surface area contributed by atoms with Crippen LogP contribution in [-0.4, -0.2) is 43.2 Å². The van der Waals surface area contributed by atoms with Crippen molar-refractivity contribution in [2.45, 2.75) is 31.3 Å². The van der Waals surface area contributed by atoms with Crippen LogP contribution in [-0.2, 0) is 15.1 Å². The molecule has 5 heteroatoms. The van der Waals surface area contributed by atoms with Gasteiger partial charge in [0.15, 0.2) is 5.60 Å². The quantitative estimate of drug-likeness (QED) is 0.816. The monoisotopic (exact) mass is 327 g/mol. The molecule has 1 aromatic carbocycles. The molecule has 1 N–H and O–H groups in total. The van der Waals surface area contributed by atoms with E-state index in [4.69, 9.17) is 4.74 Å². The van der Waals surface area contributed by atoms with Crippen LogP contribution in [0.1, 0.15) is 31.2 Å². The summed E-state index contributed by atoms with van der Waals surface area (Å²) >= 11 is 0. The zero-order chi connectivity index (χ0) is 15.3. The van der Waals surface area contributed by atoms with E-state index in [1.54, 1.807) is 0 Å². The molecule has 0 heterocycles. The third kappa shape index (κ3) is 4.22. The molecule has 22 heavy (non-hydrogen) atoms. The first-order chi connectivity index (χ1) is 10.0. The molecule has 0 saturated heterocycles. The molecule has 1 unspecified atom stereocenters. The van der Waals surface area contributed by atoms with Crippen molar-refractivity contribution in [2.24, 2.45) is 5.92 Å². The standard InChI is InChI=1S/C17H25NO3.ClH/c1-18(2)12-13-21-16(19)17(20,15-10-6-7-11-15)14-8-4-3-5-9-14;/h3-5,8-9,15,20H,6-7,10-13H2,1-2H3;1H. The fourth-order valence-electron chi connectivity index (χ4n) is 2.99. The van der Waals surface area contributed by atoms with Crippen molar-refractivity contribution < 1.29 is 14.6 Å². The summed E-state index contributed by atoms with van der Waals surface area (Å²) in [7, 11) is 3.85. The highest BCUT2D eigenvalue weighted by Crippen LogP contribution is 2.41. The molecule has 0 radical (unpaired) electrons. The fourth-order valence-corrected chi connectivity index (χ4v) is 2.99. The summed E-state index contributed by atoms with van der Waals surface area (Å²) < 4.78 is 5.35. The lowest BCUT2D eigenvalue weighted by Gasteiger charge is -2.32. The highest BCUT2D eigenvalue weighted by atomic mass is 35.5. The van der Waals surface area contributed by atoms with Crippen LogP contribution in [0.3, 0.4) is 0 Å². The lowest BCUT2D eigenvalue weighted by atomic mass is 9.80. The molecule has 1 aliphatic carbocycles. The van der Waals surface area contributed by atoms with E-state index < -0.39 is 11.6 Å². The average molecular weight is 328 g/mol. The van der Waals surface area contributed by atoms with Gasteiger partial charge < -0.3 is 14.7 Å². The molecular formula is C17H26ClNO3. The molecule has 0 aliphatic heterocycles. The predicted molar refractivity (Wildman–Crippen MR) is 89.1 cm³/mol. The Morgan fingerprint density at radius 3 is 2.41 bits per heavy atom. The number of nitrogens with zero attached hydrogens (tertiary/aromatic N) is 1. The maximum atomic E-state index is 12.5. The first-order valence-electron chi connectivity index (χ1n) is 7.65. The van der Waals surface area contributed by atoms with Gasteiger partial charge in [0, 0.05) is 12.5 Å². The van der Waals surface area contributed by atoms with Crippen molar-refractivity contribution in [2.75, 3.05) is 27.2 Å². The van der Waals surface area contributed by atoms with E-state index in [1.165, 1.54) is 0 Å². The number of carbonyl (C=O) groups excluding carboxylic acids is 1. The predicted octanol–water partition coefficient (Wildman–Crippen LogP) is 2.59. The Hall–Kier alpha value is -1.10. The molecular weight excluding hydrogens is 302 g/mol. The molecule has 4 nitrogen and oxygen atoms in total. The minimum atomic E-state index is -1.51. The van der Waals surface area contributed by atoms with Gasteiger partial charge in [0.2, 0.25) is 0 Å². The molecule has 1 atom stereocenters. The van der Waals surface area contributed by atoms with Gasteiger partial charge in [-0.25, -0.2) is 4.79 Å². The van der Waals surface area contributed by atoms with Crippen molar-refractivity contribution >= 4 is 18.4 Å². The number of likely N-dealkylation sites (N-methyl/N-ethyl adjacent to an activating group) is 1. The van der Waals surface area contributed by atoms with E-state index in [0.717, 1.165) is 25.7 Å². The zero-order valence-corrected chi connectivity index (χ0v) is 14.1. The van der Waals surface area contributed by atoms with Crippen molar-refractivity contribution in [3.8, 4) is 0 Å². The first-order valence-corrected chi connectivity index (χ1v) is 7.65. The van der Waals surface area contributed by atoms with Crippen LogP contribution in [0.2, 0.25) is 0 Å². The molecule has 0 bridgehead atoms. The van der Waals surface area contributed by atoms with Crippen molar-refractivity contribution in [1.29, 1.82) is 0 Å². The Morgan fingerprint density at radius 2 is 1.86 bits per heavy atom. The van der Waals surface area contributed by atoms with Crippen molar-refractivity contribution in [3.63, 3.8) is 0 Å². The van der Waals surface area contributed by atoms with E-state index in [9.17, 15) is 9.90 Å². The summed E-state index contributed by atoms with van der Waals surface area (Å²) in [5.74, 6) is -0.561. The molecule has 1 fully saturated rings. The summed E-state index contributed by atoms with van der Waals surface area (Å²) in [4.78, 5) is 14.5. The molecule has 1 saturated carbocycles. The zero-order valence-electron chi connectivity index (χ0n) is 13.3. The number of hydrogen-bond acceptors (Lipinski definition) is 4. The Morgan fingerprint density at radius 1 is 1.27 bits per heavy atom. The Balaban J connectivity index is 0.00000242. The van der Waals surface area contributed by atoms with Crippen LogP contribution in [0, 0.1) is 5.92 Å². The third-order valence-corrected chi connectivity index (χ3v) is 4.24. The first kappa shape index (κ1) is 18.9. The number of aliphatic hydroxyl groups is 1. The number of benzene rings is 1. The van der Waals surface area contributed by atoms with Crippen LogP contribution in [0.15, 0.2) is 30.3 Å². The van der Waals surface area contributed by atoms with Gasteiger partial charge in [-0.05, 0) is 32.5 Å². The summed E-state index contributed by atoms with van der Waals surface area (Å²) in [6.07, 6.45) is 3.86. The summed E-state index contributed by atoms with van der Waals surface area (Å²) in [6, 6.07) is 9.21. The number of rotatable bonds is 6. The van der Waals surface area contributed by atoms with Crippen LogP contribution in [0.4, 0.5) is 0 Å². The topological polar surface area (TPSA) is 49.8 Å². The lowest BCUT2D eigenvalue weighted by Crippen LogP contribution is -2.44. The van der Waals surface area contributed by atoms with E-state index >= 15 is 0 Å². The van der Waals surface area contributed by atoms with Gasteiger partial charge in [-0.1, -0.05) is 43.2 Å². The SMILES string of the molecule is CN(C)CCOC(=O)C(O)(c1ccccc1)C1CCCC1.Cl. The summed E-state index contributed by atoms with van der Waals surface area (Å²) in [6.45, 7) is 0.953. The second kappa shape index (κ2) is 8.51. The van der Waals surface area contributed by atoms with Crippen LogP contribution >= 0.6 is 12.4 Å². The number of carbonyl (C=O) groups is 1. The molecule has 1 aliphatic rings. The largest absolute Gasteiger partial charge is 0.462 e. The van der Waals surface area contributed by atoms with Crippen LogP contribution in [0.5, 0.6) is 0 Å². The molecule has 124 valence electrons. The molecule has 0 amide bonds.